The quantitative estimate of drug-likeness (QED) is 0.396. The fraction of sp³-hybridized carbons (Fsp3) is 0.364. The first-order valence-corrected chi connectivity index (χ1v) is 11.2. The molecule has 0 unspecified atom stereocenters. The zero-order valence-electron chi connectivity index (χ0n) is 19.1. The van der Waals surface area contributed by atoms with Crippen molar-refractivity contribution in [2.24, 2.45) is 7.05 Å². The number of nitrogens with one attached hydrogen (secondary N) is 3. The number of alkyl halides is 1. The Kier molecular flexibility index (Phi) is 5.06. The van der Waals surface area contributed by atoms with Crippen LogP contribution < -0.4 is 16.0 Å². The van der Waals surface area contributed by atoms with Gasteiger partial charge in [-0.3, -0.25) is 4.68 Å². The first-order valence-electron chi connectivity index (χ1n) is 11.2. The van der Waals surface area contributed by atoms with Crippen LogP contribution in [0.3, 0.4) is 0 Å². The number of ether oxygens (including phenoxy) is 1. The van der Waals surface area contributed by atoms with E-state index in [4.69, 9.17) is 4.74 Å². The van der Waals surface area contributed by atoms with Crippen LogP contribution in [-0.2, 0) is 18.4 Å². The Bertz CT molecular complexity index is 1430. The van der Waals surface area contributed by atoms with E-state index in [0.29, 0.717) is 28.5 Å². The lowest BCUT2D eigenvalue weighted by molar-refractivity contribution is 0.0273. The highest BCUT2D eigenvalue weighted by molar-refractivity contribution is 5.92. The van der Waals surface area contributed by atoms with Gasteiger partial charge in [0.05, 0.1) is 18.8 Å². The van der Waals surface area contributed by atoms with E-state index in [9.17, 15) is 9.18 Å². The number of amides is 1. The van der Waals surface area contributed by atoms with Crippen molar-refractivity contribution in [2.75, 3.05) is 17.7 Å². The molecular weight excluding hydrogens is 455 g/mol. The fourth-order valence-corrected chi connectivity index (χ4v) is 4.56. The van der Waals surface area contributed by atoms with Gasteiger partial charge in [-0.05, 0) is 23.8 Å². The lowest BCUT2D eigenvalue weighted by Crippen LogP contribution is -2.43. The molecule has 35 heavy (non-hydrogen) atoms. The van der Waals surface area contributed by atoms with E-state index in [1.165, 1.54) is 10.9 Å². The van der Waals surface area contributed by atoms with Crippen LogP contribution in [-0.4, -0.2) is 65.7 Å². The predicted octanol–water partition coefficient (Wildman–Crippen LogP) is 2.36. The molecule has 3 N–H and O–H groups in total. The molecule has 0 radical (unpaired) electrons. The summed E-state index contributed by atoms with van der Waals surface area (Å²) in [5, 5.41) is 13.5. The minimum atomic E-state index is -1.06. The highest BCUT2D eigenvalue weighted by Gasteiger charge is 2.37. The van der Waals surface area contributed by atoms with Crippen molar-refractivity contribution in [1.29, 1.82) is 0 Å². The molecule has 4 heterocycles. The highest BCUT2D eigenvalue weighted by atomic mass is 19.1. The summed E-state index contributed by atoms with van der Waals surface area (Å²) in [6.45, 7) is 0.219. The van der Waals surface area contributed by atoms with Crippen molar-refractivity contribution < 1.29 is 13.9 Å². The van der Waals surface area contributed by atoms with Crippen molar-refractivity contribution in [3.05, 3.63) is 36.4 Å². The van der Waals surface area contributed by atoms with E-state index in [1.54, 1.807) is 25.1 Å². The highest BCUT2D eigenvalue weighted by Crippen LogP contribution is 2.30. The summed E-state index contributed by atoms with van der Waals surface area (Å²) in [6.07, 6.45) is 1.86. The van der Waals surface area contributed by atoms with Gasteiger partial charge in [0.1, 0.15) is 18.8 Å². The van der Waals surface area contributed by atoms with E-state index in [2.05, 4.69) is 41.0 Å². The number of imidazole rings is 1. The maximum absolute atomic E-state index is 14.3. The van der Waals surface area contributed by atoms with E-state index >= 15 is 0 Å². The van der Waals surface area contributed by atoms with E-state index < -0.39 is 24.3 Å². The Labute approximate surface area is 198 Å². The molecule has 13 heteroatoms. The second kappa shape index (κ2) is 8.27. The lowest BCUT2D eigenvalue weighted by atomic mass is 10.1. The van der Waals surface area contributed by atoms with Crippen LogP contribution in [0.25, 0.3) is 22.6 Å². The van der Waals surface area contributed by atoms with Gasteiger partial charge in [0.15, 0.2) is 22.8 Å². The molecule has 4 bridgehead atoms. The van der Waals surface area contributed by atoms with Crippen molar-refractivity contribution in [1.82, 2.24) is 39.6 Å². The molecule has 12 nitrogen and oxygen atoms in total. The van der Waals surface area contributed by atoms with E-state index in [-0.39, 0.29) is 25.4 Å². The van der Waals surface area contributed by atoms with Crippen LogP contribution in [0.4, 0.5) is 26.6 Å². The van der Waals surface area contributed by atoms with Crippen LogP contribution in [0, 0.1) is 0 Å². The third-order valence-electron chi connectivity index (χ3n) is 6.18. The fourth-order valence-electron chi connectivity index (χ4n) is 4.56. The van der Waals surface area contributed by atoms with Crippen molar-refractivity contribution >= 4 is 34.6 Å². The number of aromatic nitrogens is 7. The van der Waals surface area contributed by atoms with Gasteiger partial charge in [-0.1, -0.05) is 0 Å². The number of carbonyl (C=O) groups excluding carboxylic acids is 1. The Hall–Kier alpha value is -4.13. The monoisotopic (exact) mass is 478 g/mol. The van der Waals surface area contributed by atoms with Gasteiger partial charge < -0.3 is 20.7 Å². The molecule has 1 fully saturated rings. The van der Waals surface area contributed by atoms with E-state index in [1.807, 2.05) is 18.2 Å². The average Bonchev–Trinajstić information content (AvgIpc) is 3.55. The molecule has 1 saturated carbocycles. The minimum absolute atomic E-state index is 0.176. The number of fused-ring (bicyclic) bond motifs is 4. The maximum atomic E-state index is 14.3. The summed E-state index contributed by atoms with van der Waals surface area (Å²) >= 11 is 0. The molecule has 3 aromatic heterocycles. The average molecular weight is 478 g/mol. The molecule has 4 aromatic rings. The normalized spacial score (nSPS) is 21.9. The van der Waals surface area contributed by atoms with Gasteiger partial charge >= 0.3 is 6.03 Å². The minimum Gasteiger partial charge on any atom is -0.371 e. The van der Waals surface area contributed by atoms with Crippen molar-refractivity contribution in [3.8, 4) is 11.4 Å². The number of carbonyl (C=O) groups is 1. The number of aryl methyl sites for hydroxylation is 1. The second-order valence-corrected chi connectivity index (χ2v) is 8.69. The number of rotatable bonds is 2. The first-order chi connectivity index (χ1) is 17.0. The molecule has 0 spiro atoms. The number of nitrogens with zero attached hydrogens (tertiary/aromatic N) is 7. The van der Waals surface area contributed by atoms with Crippen molar-refractivity contribution in [3.63, 3.8) is 0 Å². The zero-order valence-corrected chi connectivity index (χ0v) is 19.1. The molecule has 1 aliphatic heterocycles. The second-order valence-electron chi connectivity index (χ2n) is 8.69. The van der Waals surface area contributed by atoms with Crippen LogP contribution in [0.1, 0.15) is 18.4 Å². The standard InChI is InChI=1S/C22H23FN10O2/c1-24-19-17-20-30-21(29-19)27-14-4-11(3-12(5-14)18-26-9-32(2)31-18)8-35-16-7-13(23)6-15(16)28-22(34)33(20)10-25-17/h3-5,9-10,13,15-16H,6-8H2,1-2H3,(H,28,34)(H2,24,27,29,30)/t13-,15-,16-/m1/s1. The first kappa shape index (κ1) is 21.4. The van der Waals surface area contributed by atoms with Gasteiger partial charge in [-0.25, -0.2) is 23.7 Å². The Balaban J connectivity index is 1.50. The molecule has 6 rings (SSSR count). The van der Waals surface area contributed by atoms with E-state index in [0.717, 1.165) is 11.1 Å². The third-order valence-corrected chi connectivity index (χ3v) is 6.18. The van der Waals surface area contributed by atoms with Gasteiger partial charge in [0.2, 0.25) is 5.95 Å². The van der Waals surface area contributed by atoms with Crippen molar-refractivity contribution in [2.45, 2.75) is 37.8 Å². The molecular formula is C22H23FN10O2. The smallest absolute Gasteiger partial charge is 0.328 e. The number of hydrogen-bond acceptors (Lipinski definition) is 9. The number of hydrogen-bond donors (Lipinski definition) is 3. The summed E-state index contributed by atoms with van der Waals surface area (Å²) in [7, 11) is 3.52. The third kappa shape index (κ3) is 3.93. The Morgan fingerprint density at radius 2 is 2.06 bits per heavy atom. The summed E-state index contributed by atoms with van der Waals surface area (Å²) in [4.78, 5) is 30.8. The number of halogens is 1. The van der Waals surface area contributed by atoms with Gasteiger partial charge in [0.25, 0.3) is 0 Å². The molecule has 1 aromatic carbocycles. The topological polar surface area (TPSA) is 137 Å². The van der Waals surface area contributed by atoms with Crippen LogP contribution in [0.5, 0.6) is 0 Å². The SMILES string of the molecule is CNc1nc2nc3c1ncn3C(=O)N[C@@H]1C[C@@H](F)C[C@H]1OCc1cc(cc(-c3ncn(C)n3)c1)N2. The lowest BCUT2D eigenvalue weighted by Gasteiger charge is -2.22. The maximum Gasteiger partial charge on any atom is 0.328 e. The summed E-state index contributed by atoms with van der Waals surface area (Å²) < 4.78 is 23.4. The predicted molar refractivity (Wildman–Crippen MR) is 125 cm³/mol. The van der Waals surface area contributed by atoms with Gasteiger partial charge in [0, 0.05) is 38.2 Å². The summed E-state index contributed by atoms with van der Waals surface area (Å²) in [6, 6.07) is 4.79. The Morgan fingerprint density at radius 1 is 1.17 bits per heavy atom. The largest absolute Gasteiger partial charge is 0.371 e. The molecule has 3 atom stereocenters. The summed E-state index contributed by atoms with van der Waals surface area (Å²) in [5.74, 6) is 1.29. The van der Waals surface area contributed by atoms with Crippen LogP contribution in [0.15, 0.2) is 30.9 Å². The number of benzene rings is 1. The molecule has 1 aliphatic carbocycles. The molecule has 180 valence electrons. The zero-order chi connectivity index (χ0) is 24.1. The molecule has 2 aliphatic rings. The number of anilines is 3. The molecule has 1 amide bonds. The van der Waals surface area contributed by atoms with Gasteiger partial charge in [-0.2, -0.15) is 15.1 Å². The summed E-state index contributed by atoms with van der Waals surface area (Å²) in [5.41, 5.74) is 3.06. The van der Waals surface area contributed by atoms with Crippen LogP contribution >= 0.6 is 0 Å². The van der Waals surface area contributed by atoms with Gasteiger partial charge in [-0.15, -0.1) is 0 Å². The molecule has 0 saturated heterocycles. The Morgan fingerprint density at radius 3 is 2.86 bits per heavy atom. The van der Waals surface area contributed by atoms with Crippen LogP contribution in [0.2, 0.25) is 0 Å².